The molecule has 0 spiro atoms. The normalized spacial score (nSPS) is 18.5. The van der Waals surface area contributed by atoms with Crippen molar-refractivity contribution in [2.75, 3.05) is 31.6 Å². The van der Waals surface area contributed by atoms with Gasteiger partial charge in [-0.05, 0) is 50.6 Å². The third-order valence-corrected chi connectivity index (χ3v) is 5.04. The quantitative estimate of drug-likeness (QED) is 0.790. The minimum Gasteiger partial charge on any atom is -0.497 e. The number of rotatable bonds is 3. The third-order valence-electron chi connectivity index (χ3n) is 5.04. The molecule has 7 heteroatoms. The zero-order valence-corrected chi connectivity index (χ0v) is 17.3. The Morgan fingerprint density at radius 2 is 1.97 bits per heavy atom. The first-order valence-corrected chi connectivity index (χ1v) is 9.76. The molecule has 7 nitrogen and oxygen atoms in total. The van der Waals surface area contributed by atoms with E-state index in [9.17, 15) is 4.79 Å². The predicted octanol–water partition coefficient (Wildman–Crippen LogP) is 3.72. The van der Waals surface area contributed by atoms with E-state index >= 15 is 0 Å². The SMILES string of the molecule is COc1cccc(-c2ccc(N3C=C4CN(C(=O)OC(C)(C)C)CC4C3)nn2)c1. The number of methoxy groups -OCH3 is 1. The lowest BCUT2D eigenvalue weighted by atomic mass is 10.1. The molecule has 1 fully saturated rings. The van der Waals surface area contributed by atoms with Crippen LogP contribution in [-0.4, -0.2) is 53.5 Å². The fourth-order valence-corrected chi connectivity index (χ4v) is 3.65. The number of likely N-dealkylation sites (tertiary alicyclic amines) is 1. The molecule has 1 unspecified atom stereocenters. The van der Waals surface area contributed by atoms with Crippen molar-refractivity contribution >= 4 is 11.9 Å². The molecular weight excluding hydrogens is 368 g/mol. The maximum absolute atomic E-state index is 12.3. The summed E-state index contributed by atoms with van der Waals surface area (Å²) in [5.74, 6) is 1.91. The van der Waals surface area contributed by atoms with E-state index < -0.39 is 5.60 Å². The highest BCUT2D eigenvalue weighted by molar-refractivity contribution is 5.70. The standard InChI is InChI=1S/C22H26N4O3/c1-22(2,3)29-21(27)26-13-16-11-25(12-17(16)14-26)20-9-8-19(23-24-20)15-6-5-7-18(10-15)28-4/h5-11,17H,12-14H2,1-4H3. The van der Waals surface area contributed by atoms with E-state index in [-0.39, 0.29) is 6.09 Å². The number of aromatic nitrogens is 2. The van der Waals surface area contributed by atoms with Crippen LogP contribution in [0.3, 0.4) is 0 Å². The van der Waals surface area contributed by atoms with Crippen LogP contribution in [0.4, 0.5) is 10.6 Å². The third kappa shape index (κ3) is 4.18. The molecule has 0 N–H and O–H groups in total. The van der Waals surface area contributed by atoms with E-state index in [2.05, 4.69) is 21.3 Å². The molecule has 1 aromatic carbocycles. The molecule has 0 saturated carbocycles. The molecule has 2 aromatic rings. The van der Waals surface area contributed by atoms with Crippen LogP contribution in [0.15, 0.2) is 48.2 Å². The van der Waals surface area contributed by atoms with Crippen molar-refractivity contribution in [1.29, 1.82) is 0 Å². The zero-order valence-electron chi connectivity index (χ0n) is 17.3. The second-order valence-corrected chi connectivity index (χ2v) is 8.42. The van der Waals surface area contributed by atoms with Gasteiger partial charge in [0.15, 0.2) is 5.82 Å². The van der Waals surface area contributed by atoms with Crippen LogP contribution in [-0.2, 0) is 4.74 Å². The lowest BCUT2D eigenvalue weighted by molar-refractivity contribution is 0.0291. The van der Waals surface area contributed by atoms with Crippen molar-refractivity contribution in [3.8, 4) is 17.0 Å². The maximum Gasteiger partial charge on any atom is 0.410 e. The van der Waals surface area contributed by atoms with Crippen LogP contribution >= 0.6 is 0 Å². The van der Waals surface area contributed by atoms with E-state index in [0.717, 1.165) is 29.4 Å². The number of amides is 1. The fourth-order valence-electron chi connectivity index (χ4n) is 3.65. The number of carbonyl (C=O) groups excluding carboxylic acids is 1. The molecule has 0 aliphatic carbocycles. The van der Waals surface area contributed by atoms with Crippen LogP contribution in [0.5, 0.6) is 5.75 Å². The lowest BCUT2D eigenvalue weighted by Crippen LogP contribution is -2.36. The summed E-state index contributed by atoms with van der Waals surface area (Å²) >= 11 is 0. The van der Waals surface area contributed by atoms with Gasteiger partial charge in [-0.2, -0.15) is 0 Å². The van der Waals surface area contributed by atoms with Crippen molar-refractivity contribution in [2.24, 2.45) is 5.92 Å². The Labute approximate surface area is 170 Å². The highest BCUT2D eigenvalue weighted by Gasteiger charge is 2.37. The number of nitrogens with zero attached hydrogens (tertiary/aromatic N) is 4. The van der Waals surface area contributed by atoms with Crippen molar-refractivity contribution in [3.05, 3.63) is 48.2 Å². The van der Waals surface area contributed by atoms with Gasteiger partial charge in [0.1, 0.15) is 11.4 Å². The Morgan fingerprint density at radius 1 is 1.14 bits per heavy atom. The zero-order chi connectivity index (χ0) is 20.6. The molecule has 1 atom stereocenters. The topological polar surface area (TPSA) is 67.8 Å². The van der Waals surface area contributed by atoms with Gasteiger partial charge in [0, 0.05) is 37.3 Å². The van der Waals surface area contributed by atoms with Crippen LogP contribution in [0, 0.1) is 5.92 Å². The number of anilines is 1. The predicted molar refractivity (Wildman–Crippen MR) is 111 cm³/mol. The largest absolute Gasteiger partial charge is 0.497 e. The van der Waals surface area contributed by atoms with E-state index in [1.165, 1.54) is 5.57 Å². The first kappa shape index (κ1) is 19.2. The molecule has 0 bridgehead atoms. The number of hydrogen-bond acceptors (Lipinski definition) is 6. The van der Waals surface area contributed by atoms with Crippen LogP contribution in [0.1, 0.15) is 20.8 Å². The first-order valence-electron chi connectivity index (χ1n) is 9.76. The van der Waals surface area contributed by atoms with E-state index in [1.807, 2.05) is 57.2 Å². The fraction of sp³-hybridized carbons (Fsp3) is 0.409. The van der Waals surface area contributed by atoms with Crippen LogP contribution in [0.25, 0.3) is 11.3 Å². The van der Waals surface area contributed by atoms with Crippen molar-refractivity contribution in [2.45, 2.75) is 26.4 Å². The molecule has 2 aliphatic heterocycles. The van der Waals surface area contributed by atoms with Crippen LogP contribution < -0.4 is 9.64 Å². The summed E-state index contributed by atoms with van der Waals surface area (Å²) in [4.78, 5) is 16.2. The second-order valence-electron chi connectivity index (χ2n) is 8.42. The minimum atomic E-state index is -0.477. The van der Waals surface area contributed by atoms with E-state index in [1.54, 1.807) is 12.0 Å². The molecule has 1 saturated heterocycles. The van der Waals surface area contributed by atoms with Gasteiger partial charge in [-0.25, -0.2) is 4.79 Å². The highest BCUT2D eigenvalue weighted by Crippen LogP contribution is 2.33. The van der Waals surface area contributed by atoms with E-state index in [4.69, 9.17) is 9.47 Å². The Balaban J connectivity index is 1.43. The maximum atomic E-state index is 12.3. The number of fused-ring (bicyclic) bond motifs is 1. The molecular formula is C22H26N4O3. The van der Waals surface area contributed by atoms with Crippen molar-refractivity contribution in [3.63, 3.8) is 0 Å². The molecule has 1 aromatic heterocycles. The number of hydrogen-bond donors (Lipinski definition) is 0. The van der Waals surface area contributed by atoms with Gasteiger partial charge in [-0.15, -0.1) is 10.2 Å². The second kappa shape index (κ2) is 7.39. The molecule has 3 heterocycles. The van der Waals surface area contributed by atoms with Gasteiger partial charge in [-0.1, -0.05) is 12.1 Å². The average molecular weight is 394 g/mol. The number of ether oxygens (including phenoxy) is 2. The first-order chi connectivity index (χ1) is 13.8. The monoisotopic (exact) mass is 394 g/mol. The summed E-state index contributed by atoms with van der Waals surface area (Å²) in [5, 5.41) is 8.79. The molecule has 2 aliphatic rings. The minimum absolute atomic E-state index is 0.248. The van der Waals surface area contributed by atoms with Gasteiger partial charge < -0.3 is 19.3 Å². The van der Waals surface area contributed by atoms with Gasteiger partial charge in [0.05, 0.1) is 12.8 Å². The Kier molecular flexibility index (Phi) is 4.90. The highest BCUT2D eigenvalue weighted by atomic mass is 16.6. The summed E-state index contributed by atoms with van der Waals surface area (Å²) < 4.78 is 10.8. The summed E-state index contributed by atoms with van der Waals surface area (Å²) in [6.45, 7) is 7.73. The number of carbonyl (C=O) groups is 1. The summed E-state index contributed by atoms with van der Waals surface area (Å²) in [5.41, 5.74) is 2.52. The molecule has 29 heavy (non-hydrogen) atoms. The molecule has 1 amide bonds. The van der Waals surface area contributed by atoms with Gasteiger partial charge in [0.2, 0.25) is 0 Å². The van der Waals surface area contributed by atoms with Crippen molar-refractivity contribution in [1.82, 2.24) is 15.1 Å². The molecule has 0 radical (unpaired) electrons. The summed E-state index contributed by atoms with van der Waals surface area (Å²) in [6, 6.07) is 11.7. The smallest absolute Gasteiger partial charge is 0.410 e. The summed E-state index contributed by atoms with van der Waals surface area (Å²) in [6.07, 6.45) is 1.84. The Hall–Kier alpha value is -3.09. The van der Waals surface area contributed by atoms with Gasteiger partial charge in [-0.3, -0.25) is 0 Å². The Morgan fingerprint density at radius 3 is 2.62 bits per heavy atom. The van der Waals surface area contributed by atoms with Crippen LogP contribution in [0.2, 0.25) is 0 Å². The van der Waals surface area contributed by atoms with E-state index in [0.29, 0.717) is 19.0 Å². The lowest BCUT2D eigenvalue weighted by Gasteiger charge is -2.25. The molecule has 4 rings (SSSR count). The molecule has 152 valence electrons. The Bertz CT molecular complexity index is 934. The van der Waals surface area contributed by atoms with Crippen molar-refractivity contribution < 1.29 is 14.3 Å². The number of benzene rings is 1. The van der Waals surface area contributed by atoms with Gasteiger partial charge in [0.25, 0.3) is 0 Å². The average Bonchev–Trinajstić information content (AvgIpc) is 3.26. The van der Waals surface area contributed by atoms with Gasteiger partial charge >= 0.3 is 6.09 Å². The summed E-state index contributed by atoms with van der Waals surface area (Å²) in [7, 11) is 1.65.